The van der Waals surface area contributed by atoms with Crippen LogP contribution < -0.4 is 0 Å². The van der Waals surface area contributed by atoms with Crippen LogP contribution in [0.15, 0.2) is 58.5 Å². The van der Waals surface area contributed by atoms with Gasteiger partial charge in [0.25, 0.3) is 5.91 Å². The van der Waals surface area contributed by atoms with Crippen molar-refractivity contribution in [3.8, 4) is 0 Å². The van der Waals surface area contributed by atoms with Crippen LogP contribution in [0.1, 0.15) is 21.5 Å². The molecule has 1 fully saturated rings. The van der Waals surface area contributed by atoms with Gasteiger partial charge in [0.05, 0.1) is 0 Å². The number of urea groups is 1. The lowest BCUT2D eigenvalue weighted by Crippen LogP contribution is -2.67. The van der Waals surface area contributed by atoms with E-state index in [2.05, 4.69) is 9.98 Å². The van der Waals surface area contributed by atoms with Gasteiger partial charge >= 0.3 is 6.03 Å². The largest absolute Gasteiger partial charge is 0.331 e. The molecule has 7 nitrogen and oxygen atoms in total. The molecule has 152 valence electrons. The summed E-state index contributed by atoms with van der Waals surface area (Å²) < 4.78 is 13.3. The van der Waals surface area contributed by atoms with Crippen LogP contribution in [-0.2, 0) is 11.2 Å². The Hall–Kier alpha value is -3.39. The van der Waals surface area contributed by atoms with E-state index in [9.17, 15) is 18.8 Å². The Kier molecular flexibility index (Phi) is 4.95. The number of rotatable bonds is 5. The SMILES string of the molecule is CN1C(=O)N(CF)C(=O)C2=NC=NC21Cc1ccccc1C(=O)c1ccc(Cl)cc1. The number of ketones is 1. The fourth-order valence-corrected chi connectivity index (χ4v) is 3.77. The maximum absolute atomic E-state index is 13.3. The molecule has 2 aliphatic heterocycles. The van der Waals surface area contributed by atoms with Gasteiger partial charge in [0.2, 0.25) is 0 Å². The van der Waals surface area contributed by atoms with Crippen molar-refractivity contribution in [2.24, 2.45) is 9.98 Å². The van der Waals surface area contributed by atoms with Gasteiger partial charge in [0.1, 0.15) is 6.34 Å². The van der Waals surface area contributed by atoms with E-state index in [0.717, 1.165) is 0 Å². The van der Waals surface area contributed by atoms with Crippen molar-refractivity contribution < 1.29 is 18.8 Å². The number of alkyl halides is 1. The van der Waals surface area contributed by atoms with Gasteiger partial charge in [-0.25, -0.2) is 24.1 Å². The number of imide groups is 1. The van der Waals surface area contributed by atoms with Crippen molar-refractivity contribution in [3.63, 3.8) is 0 Å². The van der Waals surface area contributed by atoms with Crippen molar-refractivity contribution in [2.45, 2.75) is 12.1 Å². The molecule has 0 radical (unpaired) electrons. The fourth-order valence-electron chi connectivity index (χ4n) is 3.64. The van der Waals surface area contributed by atoms with E-state index in [-0.39, 0.29) is 17.9 Å². The molecule has 3 amide bonds. The molecule has 4 rings (SSSR count). The number of nitrogens with zero attached hydrogens (tertiary/aromatic N) is 4. The summed E-state index contributed by atoms with van der Waals surface area (Å²) in [5, 5.41) is 0.512. The fraction of sp³-hybridized carbons (Fsp3) is 0.190. The van der Waals surface area contributed by atoms with Gasteiger partial charge in [-0.3, -0.25) is 14.5 Å². The monoisotopic (exact) mass is 426 g/mol. The number of benzene rings is 2. The Labute approximate surface area is 176 Å². The molecule has 0 aliphatic carbocycles. The van der Waals surface area contributed by atoms with Gasteiger partial charge in [-0.15, -0.1) is 0 Å². The lowest BCUT2D eigenvalue weighted by Gasteiger charge is -2.43. The van der Waals surface area contributed by atoms with Gasteiger partial charge in [-0.05, 0) is 29.8 Å². The Morgan fingerprint density at radius 3 is 2.53 bits per heavy atom. The lowest BCUT2D eigenvalue weighted by molar-refractivity contribution is -0.125. The molecule has 9 heteroatoms. The minimum Gasteiger partial charge on any atom is -0.297 e. The van der Waals surface area contributed by atoms with Gasteiger partial charge in [-0.2, -0.15) is 0 Å². The van der Waals surface area contributed by atoms with Gasteiger partial charge in [0.15, 0.2) is 24.0 Å². The minimum atomic E-state index is -1.43. The third-order valence-electron chi connectivity index (χ3n) is 5.28. The molecule has 1 unspecified atom stereocenters. The molecule has 0 spiro atoms. The van der Waals surface area contributed by atoms with E-state index in [1.807, 2.05) is 0 Å². The summed E-state index contributed by atoms with van der Waals surface area (Å²) in [4.78, 5) is 48.2. The molecule has 1 saturated heterocycles. The maximum Gasteiger partial charge on any atom is 0.331 e. The average molecular weight is 427 g/mol. The number of hydrogen-bond donors (Lipinski definition) is 0. The molecule has 0 N–H and O–H groups in total. The predicted molar refractivity (Wildman–Crippen MR) is 110 cm³/mol. The van der Waals surface area contributed by atoms with Crippen LogP contribution in [0.5, 0.6) is 0 Å². The molecule has 2 aromatic rings. The Morgan fingerprint density at radius 2 is 1.83 bits per heavy atom. The molecule has 2 aliphatic rings. The van der Waals surface area contributed by atoms with Crippen molar-refractivity contribution in [1.29, 1.82) is 0 Å². The molecule has 0 saturated carbocycles. The highest BCUT2D eigenvalue weighted by Crippen LogP contribution is 2.33. The maximum atomic E-state index is 13.3. The molecular weight excluding hydrogens is 411 g/mol. The summed E-state index contributed by atoms with van der Waals surface area (Å²) >= 11 is 5.91. The summed E-state index contributed by atoms with van der Waals surface area (Å²) in [5.41, 5.74) is -0.0740. The predicted octanol–water partition coefficient (Wildman–Crippen LogP) is 3.11. The van der Waals surface area contributed by atoms with E-state index in [1.54, 1.807) is 48.5 Å². The number of carbonyl (C=O) groups excluding carboxylic acids is 3. The van der Waals surface area contributed by atoms with E-state index < -0.39 is 24.4 Å². The van der Waals surface area contributed by atoms with Gasteiger partial charge < -0.3 is 0 Å². The van der Waals surface area contributed by atoms with E-state index >= 15 is 0 Å². The topological polar surface area (TPSA) is 82.4 Å². The summed E-state index contributed by atoms with van der Waals surface area (Å²) in [7, 11) is 1.43. The second-order valence-electron chi connectivity index (χ2n) is 6.90. The zero-order chi connectivity index (χ0) is 21.5. The van der Waals surface area contributed by atoms with Gasteiger partial charge in [0, 0.05) is 29.6 Å². The third-order valence-corrected chi connectivity index (χ3v) is 5.53. The Bertz CT molecular complexity index is 1120. The highest BCUT2D eigenvalue weighted by atomic mass is 35.5. The highest BCUT2D eigenvalue weighted by molar-refractivity contribution is 6.48. The van der Waals surface area contributed by atoms with Crippen molar-refractivity contribution in [3.05, 3.63) is 70.2 Å². The normalized spacial score (nSPS) is 20.4. The van der Waals surface area contributed by atoms with Crippen molar-refractivity contribution in [2.75, 3.05) is 13.8 Å². The summed E-state index contributed by atoms with van der Waals surface area (Å²) in [5.74, 6) is -1.07. The molecule has 1 atom stereocenters. The lowest BCUT2D eigenvalue weighted by atomic mass is 9.87. The number of amides is 3. The first-order valence-electron chi connectivity index (χ1n) is 9.05. The standard InChI is InChI=1S/C21H16ClFN4O3/c1-26-20(30)27(11-23)19(29)18-21(26,25-12-24-18)10-14-4-2-3-5-16(14)17(28)13-6-8-15(22)9-7-13/h2-9,12H,10-11H2,1H3. The first-order chi connectivity index (χ1) is 14.4. The summed E-state index contributed by atoms with van der Waals surface area (Å²) in [6, 6.07) is 12.6. The number of fused-ring (bicyclic) bond motifs is 1. The number of halogens is 2. The molecule has 0 aromatic heterocycles. The highest BCUT2D eigenvalue weighted by Gasteiger charge is 2.55. The number of aliphatic imine (C=N–C) groups is 2. The number of carbonyl (C=O) groups is 3. The van der Waals surface area contributed by atoms with E-state index in [1.165, 1.54) is 18.3 Å². The molecule has 2 heterocycles. The Morgan fingerprint density at radius 1 is 1.13 bits per heavy atom. The first kappa shape index (κ1) is 19.9. The summed E-state index contributed by atoms with van der Waals surface area (Å²) in [6.45, 7) is -1.26. The third kappa shape index (κ3) is 3.00. The van der Waals surface area contributed by atoms with Crippen LogP contribution in [0.2, 0.25) is 5.02 Å². The first-order valence-corrected chi connectivity index (χ1v) is 9.42. The van der Waals surface area contributed by atoms with Crippen LogP contribution in [0.25, 0.3) is 0 Å². The zero-order valence-corrected chi connectivity index (χ0v) is 16.6. The van der Waals surface area contributed by atoms with Crippen LogP contribution in [-0.4, -0.2) is 59.1 Å². The van der Waals surface area contributed by atoms with Crippen LogP contribution in [0.4, 0.5) is 9.18 Å². The van der Waals surface area contributed by atoms with E-state index in [0.29, 0.717) is 26.6 Å². The quantitative estimate of drug-likeness (QED) is 0.544. The van der Waals surface area contributed by atoms with Crippen molar-refractivity contribution >= 4 is 41.4 Å². The van der Waals surface area contributed by atoms with Crippen LogP contribution in [0.3, 0.4) is 0 Å². The molecule has 2 aromatic carbocycles. The number of likely N-dealkylation sites (N-methyl/N-ethyl adjacent to an activating group) is 1. The number of hydrogen-bond acceptors (Lipinski definition) is 5. The smallest absolute Gasteiger partial charge is 0.297 e. The average Bonchev–Trinajstić information content (AvgIpc) is 3.18. The van der Waals surface area contributed by atoms with Crippen molar-refractivity contribution in [1.82, 2.24) is 9.80 Å². The summed E-state index contributed by atoms with van der Waals surface area (Å²) in [6.07, 6.45) is 1.22. The van der Waals surface area contributed by atoms with Gasteiger partial charge in [-0.1, -0.05) is 35.9 Å². The Balaban J connectivity index is 1.75. The minimum absolute atomic E-state index is 0.0337. The second kappa shape index (κ2) is 7.46. The molecule has 30 heavy (non-hydrogen) atoms. The molecular formula is C21H16ClFN4O3. The van der Waals surface area contributed by atoms with E-state index in [4.69, 9.17) is 11.6 Å². The zero-order valence-electron chi connectivity index (χ0n) is 15.9. The van der Waals surface area contributed by atoms with Crippen LogP contribution in [0, 0.1) is 0 Å². The van der Waals surface area contributed by atoms with Crippen LogP contribution >= 0.6 is 11.6 Å². The molecule has 0 bridgehead atoms. The second-order valence-corrected chi connectivity index (χ2v) is 7.34.